The maximum atomic E-state index is 11.2. The molecule has 0 aliphatic carbocycles. The summed E-state index contributed by atoms with van der Waals surface area (Å²) in [6.07, 6.45) is 0. The highest BCUT2D eigenvalue weighted by atomic mass is 16.5. The zero-order valence-corrected chi connectivity index (χ0v) is 8.53. The lowest BCUT2D eigenvalue weighted by atomic mass is 10.2. The van der Waals surface area contributed by atoms with Gasteiger partial charge in [0.25, 0.3) is 5.56 Å². The Morgan fingerprint density at radius 2 is 2.14 bits per heavy atom. The summed E-state index contributed by atoms with van der Waals surface area (Å²) in [7, 11) is 1.41. The summed E-state index contributed by atoms with van der Waals surface area (Å²) < 4.78 is 6.20. The van der Waals surface area contributed by atoms with Gasteiger partial charge in [0.1, 0.15) is 0 Å². The van der Waals surface area contributed by atoms with Crippen LogP contribution < -0.4 is 16.0 Å². The summed E-state index contributed by atoms with van der Waals surface area (Å²) in [5.41, 5.74) is -0.830. The Kier molecular flexibility index (Phi) is 3.11. The van der Waals surface area contributed by atoms with Crippen molar-refractivity contribution in [1.82, 2.24) is 9.55 Å². The van der Waals surface area contributed by atoms with Crippen LogP contribution in [0.1, 0.15) is 13.8 Å². The van der Waals surface area contributed by atoms with Crippen molar-refractivity contribution < 1.29 is 4.74 Å². The molecule has 0 aliphatic rings. The first kappa shape index (κ1) is 10.6. The standard InChI is InChI=1S/C9H14N2O3/c1-6(2)5-14-7-4-8(12)11(3)9(13)10-7/h4,6H,5H2,1-3H3,(H,10,13). The molecule has 0 atom stereocenters. The molecule has 0 saturated heterocycles. The van der Waals surface area contributed by atoms with Crippen LogP contribution in [0.3, 0.4) is 0 Å². The first-order valence-corrected chi connectivity index (χ1v) is 4.44. The van der Waals surface area contributed by atoms with E-state index in [-0.39, 0.29) is 11.4 Å². The SMILES string of the molecule is CC(C)COc1cc(=O)n(C)c(=O)[nH]1. The normalized spacial score (nSPS) is 10.6. The van der Waals surface area contributed by atoms with E-state index in [2.05, 4.69) is 4.98 Å². The zero-order chi connectivity index (χ0) is 10.7. The van der Waals surface area contributed by atoms with Gasteiger partial charge in [-0.05, 0) is 5.92 Å². The number of aromatic nitrogens is 2. The van der Waals surface area contributed by atoms with Crippen LogP contribution in [-0.4, -0.2) is 16.2 Å². The number of hydrogen-bond acceptors (Lipinski definition) is 3. The minimum Gasteiger partial charge on any atom is -0.478 e. The van der Waals surface area contributed by atoms with Gasteiger partial charge in [-0.2, -0.15) is 0 Å². The number of aromatic amines is 1. The third-order valence-electron chi connectivity index (χ3n) is 1.69. The van der Waals surface area contributed by atoms with Crippen molar-refractivity contribution in [2.45, 2.75) is 13.8 Å². The average Bonchev–Trinajstić information content (AvgIpc) is 2.10. The molecule has 1 N–H and O–H groups in total. The minimum atomic E-state index is -0.462. The smallest absolute Gasteiger partial charge is 0.330 e. The van der Waals surface area contributed by atoms with E-state index in [1.54, 1.807) is 0 Å². The maximum Gasteiger partial charge on any atom is 0.330 e. The third-order valence-corrected chi connectivity index (χ3v) is 1.69. The summed E-state index contributed by atoms with van der Waals surface area (Å²) in [5, 5.41) is 0. The van der Waals surface area contributed by atoms with Gasteiger partial charge in [0, 0.05) is 7.05 Å². The van der Waals surface area contributed by atoms with Crippen LogP contribution in [0.25, 0.3) is 0 Å². The average molecular weight is 198 g/mol. The second kappa shape index (κ2) is 4.13. The van der Waals surface area contributed by atoms with Crippen LogP contribution in [-0.2, 0) is 7.05 Å². The molecule has 0 unspecified atom stereocenters. The van der Waals surface area contributed by atoms with Crippen LogP contribution >= 0.6 is 0 Å². The molecule has 1 heterocycles. The molecule has 0 saturated carbocycles. The molecule has 0 bridgehead atoms. The molecule has 1 aromatic rings. The van der Waals surface area contributed by atoms with E-state index in [4.69, 9.17) is 4.74 Å². The van der Waals surface area contributed by atoms with Gasteiger partial charge in [0.05, 0.1) is 12.7 Å². The Labute approximate surface area is 81.3 Å². The highest BCUT2D eigenvalue weighted by Gasteiger charge is 2.02. The zero-order valence-electron chi connectivity index (χ0n) is 8.53. The van der Waals surface area contributed by atoms with Gasteiger partial charge in [-0.3, -0.25) is 14.3 Å². The molecular weight excluding hydrogens is 184 g/mol. The number of ether oxygens (including phenoxy) is 1. The lowest BCUT2D eigenvalue weighted by Gasteiger charge is -2.07. The molecule has 78 valence electrons. The van der Waals surface area contributed by atoms with E-state index in [0.717, 1.165) is 4.57 Å². The molecule has 0 fully saturated rings. The van der Waals surface area contributed by atoms with Crippen LogP contribution in [0, 0.1) is 5.92 Å². The number of rotatable bonds is 3. The number of H-pyrrole nitrogens is 1. The highest BCUT2D eigenvalue weighted by molar-refractivity contribution is 5.05. The Morgan fingerprint density at radius 3 is 2.64 bits per heavy atom. The van der Waals surface area contributed by atoms with Gasteiger partial charge in [-0.25, -0.2) is 4.79 Å². The van der Waals surface area contributed by atoms with Crippen molar-refractivity contribution >= 4 is 0 Å². The minimum absolute atomic E-state index is 0.229. The predicted octanol–water partition coefficient (Wildman–Crippen LogP) is 0.108. The molecule has 1 aromatic heterocycles. The van der Waals surface area contributed by atoms with Crippen LogP contribution in [0.2, 0.25) is 0 Å². The molecule has 14 heavy (non-hydrogen) atoms. The Bertz CT molecular complexity index is 386. The fraction of sp³-hybridized carbons (Fsp3) is 0.556. The van der Waals surface area contributed by atoms with Crippen molar-refractivity contribution in [1.29, 1.82) is 0 Å². The second-order valence-corrected chi connectivity index (χ2v) is 3.54. The van der Waals surface area contributed by atoms with E-state index >= 15 is 0 Å². The van der Waals surface area contributed by atoms with Gasteiger partial charge in [-0.1, -0.05) is 13.8 Å². The maximum absolute atomic E-state index is 11.2. The molecule has 0 amide bonds. The molecule has 0 radical (unpaired) electrons. The Morgan fingerprint density at radius 1 is 1.50 bits per heavy atom. The summed E-state index contributed by atoms with van der Waals surface area (Å²) in [6.45, 7) is 4.45. The van der Waals surface area contributed by atoms with E-state index in [1.807, 2.05) is 13.8 Å². The molecule has 5 heteroatoms. The van der Waals surface area contributed by atoms with Crippen molar-refractivity contribution in [3.63, 3.8) is 0 Å². The fourth-order valence-electron chi connectivity index (χ4n) is 0.869. The largest absolute Gasteiger partial charge is 0.478 e. The first-order valence-electron chi connectivity index (χ1n) is 4.44. The fourth-order valence-corrected chi connectivity index (χ4v) is 0.869. The molecule has 0 aliphatic heterocycles. The monoisotopic (exact) mass is 198 g/mol. The van der Waals surface area contributed by atoms with Gasteiger partial charge < -0.3 is 4.74 Å². The highest BCUT2D eigenvalue weighted by Crippen LogP contribution is 2.00. The van der Waals surface area contributed by atoms with E-state index in [9.17, 15) is 9.59 Å². The van der Waals surface area contributed by atoms with Crippen LogP contribution in [0.5, 0.6) is 5.88 Å². The van der Waals surface area contributed by atoms with Crippen LogP contribution in [0.15, 0.2) is 15.7 Å². The van der Waals surface area contributed by atoms with Crippen molar-refractivity contribution in [2.75, 3.05) is 6.61 Å². The summed E-state index contributed by atoms with van der Waals surface area (Å²) in [6, 6.07) is 1.27. The number of hydrogen-bond donors (Lipinski definition) is 1. The second-order valence-electron chi connectivity index (χ2n) is 3.54. The van der Waals surface area contributed by atoms with Gasteiger partial charge in [0.2, 0.25) is 0 Å². The first-order chi connectivity index (χ1) is 6.50. The van der Waals surface area contributed by atoms with Crippen LogP contribution in [0.4, 0.5) is 0 Å². The third kappa shape index (κ3) is 2.48. The van der Waals surface area contributed by atoms with Gasteiger partial charge in [0.15, 0.2) is 5.88 Å². The molecule has 1 rings (SSSR count). The lowest BCUT2D eigenvalue weighted by molar-refractivity contribution is 0.259. The molecule has 5 nitrogen and oxygen atoms in total. The Balaban J connectivity index is 2.91. The predicted molar refractivity (Wildman–Crippen MR) is 52.6 cm³/mol. The van der Waals surface area contributed by atoms with E-state index in [0.29, 0.717) is 12.5 Å². The summed E-state index contributed by atoms with van der Waals surface area (Å²) in [4.78, 5) is 24.8. The molecular formula is C9H14N2O3. The topological polar surface area (TPSA) is 64.1 Å². The molecule has 0 aromatic carbocycles. The quantitative estimate of drug-likeness (QED) is 0.749. The summed E-state index contributed by atoms with van der Waals surface area (Å²) >= 11 is 0. The summed E-state index contributed by atoms with van der Waals surface area (Å²) in [5.74, 6) is 0.578. The number of nitrogens with zero attached hydrogens (tertiary/aromatic N) is 1. The van der Waals surface area contributed by atoms with Gasteiger partial charge >= 0.3 is 5.69 Å². The lowest BCUT2D eigenvalue weighted by Crippen LogP contribution is -2.32. The molecule has 0 spiro atoms. The van der Waals surface area contributed by atoms with Gasteiger partial charge in [-0.15, -0.1) is 0 Å². The van der Waals surface area contributed by atoms with Crippen molar-refractivity contribution in [2.24, 2.45) is 13.0 Å². The number of nitrogens with one attached hydrogen (secondary N) is 1. The van der Waals surface area contributed by atoms with E-state index in [1.165, 1.54) is 13.1 Å². The van der Waals surface area contributed by atoms with E-state index < -0.39 is 5.69 Å². The van der Waals surface area contributed by atoms with Crippen molar-refractivity contribution in [3.05, 3.63) is 26.9 Å². The van der Waals surface area contributed by atoms with Crippen molar-refractivity contribution in [3.8, 4) is 5.88 Å². The Hall–Kier alpha value is -1.52.